The Labute approximate surface area is 90.5 Å². The van der Waals surface area contributed by atoms with Crippen molar-refractivity contribution in [2.45, 2.75) is 0 Å². The maximum atomic E-state index is 11.5. The van der Waals surface area contributed by atoms with Gasteiger partial charge in [-0.15, -0.1) is 0 Å². The van der Waals surface area contributed by atoms with Crippen molar-refractivity contribution in [3.05, 3.63) is 35.7 Å². The normalized spacial score (nSPS) is 10.3. The third-order valence-corrected chi connectivity index (χ3v) is 2.19. The van der Waals surface area contributed by atoms with Crippen molar-refractivity contribution in [1.29, 1.82) is 0 Å². The van der Waals surface area contributed by atoms with Gasteiger partial charge in [-0.05, 0) is 18.2 Å². The second-order valence-electron chi connectivity index (χ2n) is 3.17. The van der Waals surface area contributed by atoms with E-state index in [2.05, 4.69) is 10.4 Å². The molecule has 0 radical (unpaired) electrons. The van der Waals surface area contributed by atoms with Crippen LogP contribution in [-0.4, -0.2) is 33.6 Å². The highest BCUT2D eigenvalue weighted by Crippen LogP contribution is 2.12. The molecule has 6 nitrogen and oxygen atoms in total. The minimum atomic E-state index is -1.12. The molecule has 16 heavy (non-hydrogen) atoms. The zero-order valence-electron chi connectivity index (χ0n) is 8.47. The summed E-state index contributed by atoms with van der Waals surface area (Å²) in [6, 6.07) is 4.62. The molecular weight excluding hydrogens is 210 g/mol. The number of rotatable bonds is 2. The highest BCUT2D eigenvalue weighted by atomic mass is 16.4. The van der Waals surface area contributed by atoms with Crippen LogP contribution in [-0.2, 0) is 0 Å². The van der Waals surface area contributed by atoms with Gasteiger partial charge in [0, 0.05) is 13.2 Å². The molecule has 0 aliphatic carbocycles. The number of carbonyl (C=O) groups excluding carboxylic acids is 1. The Morgan fingerprint density at radius 3 is 2.88 bits per heavy atom. The SMILES string of the molecule is CNC(=O)c1cccn2nc(C(=O)O)cc12. The smallest absolute Gasteiger partial charge is 0.356 e. The zero-order chi connectivity index (χ0) is 11.7. The fourth-order valence-corrected chi connectivity index (χ4v) is 1.45. The lowest BCUT2D eigenvalue weighted by atomic mass is 10.2. The molecule has 0 fully saturated rings. The first-order chi connectivity index (χ1) is 7.63. The van der Waals surface area contributed by atoms with Gasteiger partial charge in [0.05, 0.1) is 11.1 Å². The first kappa shape index (κ1) is 10.2. The van der Waals surface area contributed by atoms with Crippen LogP contribution < -0.4 is 5.32 Å². The number of nitrogens with zero attached hydrogens (tertiary/aromatic N) is 2. The topological polar surface area (TPSA) is 83.7 Å². The number of fused-ring (bicyclic) bond motifs is 1. The van der Waals surface area contributed by atoms with E-state index in [4.69, 9.17) is 5.11 Å². The number of aromatic nitrogens is 2. The van der Waals surface area contributed by atoms with Gasteiger partial charge in [0.25, 0.3) is 5.91 Å². The molecule has 6 heteroatoms. The number of hydrogen-bond acceptors (Lipinski definition) is 3. The summed E-state index contributed by atoms with van der Waals surface area (Å²) in [4.78, 5) is 22.3. The largest absolute Gasteiger partial charge is 0.476 e. The molecule has 2 N–H and O–H groups in total. The van der Waals surface area contributed by atoms with Crippen LogP contribution in [0.15, 0.2) is 24.4 Å². The van der Waals surface area contributed by atoms with Crippen LogP contribution in [0.5, 0.6) is 0 Å². The maximum absolute atomic E-state index is 11.5. The third-order valence-electron chi connectivity index (χ3n) is 2.19. The summed E-state index contributed by atoms with van der Waals surface area (Å²) in [5, 5.41) is 15.1. The number of nitrogens with one attached hydrogen (secondary N) is 1. The number of carboxylic acid groups (broad SMARTS) is 1. The van der Waals surface area contributed by atoms with Crippen LogP contribution in [0.1, 0.15) is 20.8 Å². The van der Waals surface area contributed by atoms with Crippen molar-refractivity contribution in [1.82, 2.24) is 14.9 Å². The molecule has 2 rings (SSSR count). The first-order valence-corrected chi connectivity index (χ1v) is 4.57. The van der Waals surface area contributed by atoms with Crippen molar-refractivity contribution in [3.63, 3.8) is 0 Å². The average molecular weight is 219 g/mol. The van der Waals surface area contributed by atoms with Gasteiger partial charge in [-0.25, -0.2) is 9.31 Å². The summed E-state index contributed by atoms with van der Waals surface area (Å²) in [6.45, 7) is 0. The van der Waals surface area contributed by atoms with E-state index in [1.165, 1.54) is 17.6 Å². The van der Waals surface area contributed by atoms with Crippen molar-refractivity contribution in [3.8, 4) is 0 Å². The molecule has 0 atom stereocenters. The molecular formula is C10H9N3O3. The fourth-order valence-electron chi connectivity index (χ4n) is 1.45. The molecule has 1 amide bonds. The maximum Gasteiger partial charge on any atom is 0.356 e. The lowest BCUT2D eigenvalue weighted by Gasteiger charge is -2.00. The number of pyridine rings is 1. The monoisotopic (exact) mass is 219 g/mol. The lowest BCUT2D eigenvalue weighted by Crippen LogP contribution is -2.18. The van der Waals surface area contributed by atoms with Crippen LogP contribution in [0.3, 0.4) is 0 Å². The van der Waals surface area contributed by atoms with Gasteiger partial charge >= 0.3 is 5.97 Å². The summed E-state index contributed by atoms with van der Waals surface area (Å²) >= 11 is 0. The number of carboxylic acids is 1. The highest BCUT2D eigenvalue weighted by Gasteiger charge is 2.14. The van der Waals surface area contributed by atoms with E-state index >= 15 is 0 Å². The Balaban J connectivity index is 2.67. The Hall–Kier alpha value is -2.37. The van der Waals surface area contributed by atoms with Crippen LogP contribution in [0, 0.1) is 0 Å². The van der Waals surface area contributed by atoms with Crippen LogP contribution >= 0.6 is 0 Å². The number of aromatic carboxylic acids is 1. The van der Waals surface area contributed by atoms with E-state index in [0.29, 0.717) is 11.1 Å². The van der Waals surface area contributed by atoms with E-state index in [0.717, 1.165) is 0 Å². The molecule has 2 heterocycles. The summed E-state index contributed by atoms with van der Waals surface area (Å²) in [7, 11) is 1.51. The minimum Gasteiger partial charge on any atom is -0.476 e. The molecule has 82 valence electrons. The summed E-state index contributed by atoms with van der Waals surface area (Å²) in [6.07, 6.45) is 1.59. The van der Waals surface area contributed by atoms with E-state index in [9.17, 15) is 9.59 Å². The summed E-state index contributed by atoms with van der Waals surface area (Å²) in [5.41, 5.74) is 0.778. The van der Waals surface area contributed by atoms with Gasteiger partial charge in [0.1, 0.15) is 0 Å². The molecule has 0 saturated heterocycles. The number of carbonyl (C=O) groups is 2. The predicted octanol–water partition coefficient (Wildman–Crippen LogP) is 0.392. The van der Waals surface area contributed by atoms with E-state index in [1.807, 2.05) is 0 Å². The van der Waals surface area contributed by atoms with Gasteiger partial charge in [-0.2, -0.15) is 5.10 Å². The van der Waals surface area contributed by atoms with E-state index in [-0.39, 0.29) is 11.6 Å². The van der Waals surface area contributed by atoms with Crippen molar-refractivity contribution < 1.29 is 14.7 Å². The Morgan fingerprint density at radius 2 is 2.25 bits per heavy atom. The molecule has 2 aromatic rings. The van der Waals surface area contributed by atoms with E-state index < -0.39 is 5.97 Å². The zero-order valence-corrected chi connectivity index (χ0v) is 8.47. The predicted molar refractivity (Wildman–Crippen MR) is 55.5 cm³/mol. The molecule has 0 aliphatic heterocycles. The highest BCUT2D eigenvalue weighted by molar-refractivity contribution is 6.01. The summed E-state index contributed by atoms with van der Waals surface area (Å²) in [5.74, 6) is -1.39. The Morgan fingerprint density at radius 1 is 1.50 bits per heavy atom. The summed E-state index contributed by atoms with van der Waals surface area (Å²) < 4.78 is 1.37. The molecule has 0 spiro atoms. The molecule has 0 aliphatic rings. The van der Waals surface area contributed by atoms with Gasteiger partial charge in [-0.1, -0.05) is 0 Å². The standard InChI is InChI=1S/C10H9N3O3/c1-11-9(14)6-3-2-4-13-8(6)5-7(12-13)10(15)16/h2-5H,1H3,(H,11,14)(H,15,16). The third kappa shape index (κ3) is 1.50. The Bertz CT molecular complexity index is 574. The minimum absolute atomic E-state index is 0.0867. The quantitative estimate of drug-likeness (QED) is 0.765. The second-order valence-corrected chi connectivity index (χ2v) is 3.17. The van der Waals surface area contributed by atoms with Gasteiger partial charge < -0.3 is 10.4 Å². The van der Waals surface area contributed by atoms with E-state index in [1.54, 1.807) is 18.3 Å². The molecule has 0 saturated carbocycles. The van der Waals surface area contributed by atoms with Crippen LogP contribution in [0.4, 0.5) is 0 Å². The lowest BCUT2D eigenvalue weighted by molar-refractivity contribution is 0.0690. The molecule has 2 aromatic heterocycles. The number of hydrogen-bond donors (Lipinski definition) is 2. The first-order valence-electron chi connectivity index (χ1n) is 4.57. The molecule has 0 bridgehead atoms. The van der Waals surface area contributed by atoms with Crippen LogP contribution in [0.2, 0.25) is 0 Å². The van der Waals surface area contributed by atoms with Gasteiger partial charge in [0.15, 0.2) is 5.69 Å². The van der Waals surface area contributed by atoms with Crippen LogP contribution in [0.25, 0.3) is 5.52 Å². The molecule has 0 unspecified atom stereocenters. The van der Waals surface area contributed by atoms with Crippen molar-refractivity contribution in [2.75, 3.05) is 7.05 Å². The second kappa shape index (κ2) is 3.65. The van der Waals surface area contributed by atoms with Crippen molar-refractivity contribution in [2.24, 2.45) is 0 Å². The Kier molecular flexibility index (Phi) is 2.32. The van der Waals surface area contributed by atoms with Gasteiger partial charge in [-0.3, -0.25) is 4.79 Å². The average Bonchev–Trinajstić information content (AvgIpc) is 2.71. The van der Waals surface area contributed by atoms with Crippen molar-refractivity contribution >= 4 is 17.4 Å². The molecule has 0 aromatic carbocycles. The van der Waals surface area contributed by atoms with Gasteiger partial charge in [0.2, 0.25) is 0 Å². The fraction of sp³-hybridized carbons (Fsp3) is 0.100. The number of amides is 1.